The van der Waals surface area contributed by atoms with Gasteiger partial charge >= 0.3 is 0 Å². The molecule has 23 heavy (non-hydrogen) atoms. The number of hydrogen-bond acceptors (Lipinski definition) is 3. The highest BCUT2D eigenvalue weighted by molar-refractivity contribution is 9.10. The van der Waals surface area contributed by atoms with Gasteiger partial charge in [-0.05, 0) is 50.1 Å². The minimum Gasteiger partial charge on any atom is -0.320 e. The van der Waals surface area contributed by atoms with Crippen LogP contribution in [0.1, 0.15) is 10.4 Å². The van der Waals surface area contributed by atoms with Crippen LogP contribution < -0.4 is 5.32 Å². The molecular weight excluding hydrogens is 447 g/mol. The molecule has 0 saturated carbocycles. The van der Waals surface area contributed by atoms with Crippen LogP contribution in [0.25, 0.3) is 5.69 Å². The van der Waals surface area contributed by atoms with Gasteiger partial charge in [0.2, 0.25) is 0 Å². The number of rotatable bonds is 3. The van der Waals surface area contributed by atoms with Gasteiger partial charge in [0, 0.05) is 16.9 Å². The summed E-state index contributed by atoms with van der Waals surface area (Å²) < 4.78 is 3.19. The maximum absolute atomic E-state index is 12.5. The summed E-state index contributed by atoms with van der Waals surface area (Å²) in [6.45, 7) is 0. The van der Waals surface area contributed by atoms with Crippen molar-refractivity contribution >= 4 is 55.1 Å². The Morgan fingerprint density at radius 1 is 1.17 bits per heavy atom. The molecule has 0 fully saturated rings. The summed E-state index contributed by atoms with van der Waals surface area (Å²) in [6, 6.07) is 8.97. The molecule has 1 amide bonds. The Bertz CT molecular complexity index is 881. The molecule has 3 rings (SSSR count). The number of carbonyl (C=O) groups excluding carboxylic acids is 1. The van der Waals surface area contributed by atoms with Gasteiger partial charge in [-0.1, -0.05) is 23.7 Å². The van der Waals surface area contributed by atoms with Crippen molar-refractivity contribution in [3.8, 4) is 5.69 Å². The normalized spacial score (nSPS) is 10.6. The van der Waals surface area contributed by atoms with Crippen LogP contribution in [0, 0.1) is 0 Å². The number of carbonyl (C=O) groups is 1. The first-order valence-electron chi connectivity index (χ1n) is 6.46. The molecule has 3 aromatic rings. The lowest BCUT2D eigenvalue weighted by Crippen LogP contribution is -2.15. The highest BCUT2D eigenvalue weighted by atomic mass is 79.9. The predicted octanol–water partition coefficient (Wildman–Crippen LogP) is 4.70. The Kier molecular flexibility index (Phi) is 4.79. The molecule has 0 aliphatic carbocycles. The van der Waals surface area contributed by atoms with Crippen LogP contribution in [0.2, 0.25) is 5.15 Å². The van der Waals surface area contributed by atoms with Gasteiger partial charge in [0.15, 0.2) is 0 Å². The molecule has 0 bridgehead atoms. The van der Waals surface area contributed by atoms with E-state index in [4.69, 9.17) is 11.6 Å². The van der Waals surface area contributed by atoms with Gasteiger partial charge in [0.1, 0.15) is 5.15 Å². The molecule has 2 heterocycles. The number of amides is 1. The predicted molar refractivity (Wildman–Crippen MR) is 96.2 cm³/mol. The third kappa shape index (κ3) is 3.63. The van der Waals surface area contributed by atoms with Crippen molar-refractivity contribution in [1.82, 2.24) is 14.8 Å². The van der Waals surface area contributed by atoms with Crippen molar-refractivity contribution in [3.05, 3.63) is 68.6 Å². The Labute approximate surface area is 153 Å². The summed E-state index contributed by atoms with van der Waals surface area (Å²) in [5, 5.41) is 7.22. The third-order valence-electron chi connectivity index (χ3n) is 3.00. The molecule has 0 unspecified atom stereocenters. The zero-order valence-corrected chi connectivity index (χ0v) is 15.4. The lowest BCUT2D eigenvalue weighted by atomic mass is 10.2. The SMILES string of the molecule is O=C(Nc1ccccc1-n1cc(Br)cn1)c1cc(Br)cnc1Cl. The van der Waals surface area contributed by atoms with Crippen molar-refractivity contribution in [2.75, 3.05) is 5.32 Å². The van der Waals surface area contributed by atoms with E-state index in [-0.39, 0.29) is 16.6 Å². The Balaban J connectivity index is 1.94. The van der Waals surface area contributed by atoms with E-state index in [0.717, 1.165) is 10.2 Å². The van der Waals surface area contributed by atoms with E-state index in [1.807, 2.05) is 18.2 Å². The largest absolute Gasteiger partial charge is 0.320 e. The number of nitrogens with zero attached hydrogens (tertiary/aromatic N) is 3. The summed E-state index contributed by atoms with van der Waals surface area (Å²) in [5.41, 5.74) is 1.65. The van der Waals surface area contributed by atoms with Crippen LogP contribution in [-0.4, -0.2) is 20.7 Å². The minimum atomic E-state index is -0.345. The van der Waals surface area contributed by atoms with E-state index in [1.54, 1.807) is 29.2 Å². The highest BCUT2D eigenvalue weighted by Crippen LogP contribution is 2.24. The molecular formula is C15H9Br2ClN4O. The van der Waals surface area contributed by atoms with Crippen molar-refractivity contribution in [3.63, 3.8) is 0 Å². The molecule has 1 N–H and O–H groups in total. The Morgan fingerprint density at radius 3 is 2.70 bits per heavy atom. The van der Waals surface area contributed by atoms with E-state index in [9.17, 15) is 4.79 Å². The molecule has 8 heteroatoms. The fourth-order valence-electron chi connectivity index (χ4n) is 1.98. The number of halogens is 3. The number of hydrogen-bond donors (Lipinski definition) is 1. The lowest BCUT2D eigenvalue weighted by Gasteiger charge is -2.11. The number of benzene rings is 1. The number of pyridine rings is 1. The number of para-hydroxylation sites is 2. The average Bonchev–Trinajstić information content (AvgIpc) is 2.96. The summed E-state index contributed by atoms with van der Waals surface area (Å²) in [5.74, 6) is -0.345. The topological polar surface area (TPSA) is 59.8 Å². The van der Waals surface area contributed by atoms with Gasteiger partial charge in [0.05, 0.1) is 27.6 Å². The maximum Gasteiger partial charge on any atom is 0.258 e. The van der Waals surface area contributed by atoms with Gasteiger partial charge < -0.3 is 5.32 Å². The van der Waals surface area contributed by atoms with E-state index in [2.05, 4.69) is 47.3 Å². The van der Waals surface area contributed by atoms with Gasteiger partial charge in [0.25, 0.3) is 5.91 Å². The quantitative estimate of drug-likeness (QED) is 0.582. The third-order valence-corrected chi connectivity index (χ3v) is 4.14. The fraction of sp³-hybridized carbons (Fsp3) is 0. The zero-order valence-electron chi connectivity index (χ0n) is 11.5. The average molecular weight is 457 g/mol. The van der Waals surface area contributed by atoms with Crippen LogP contribution in [0.4, 0.5) is 5.69 Å². The second-order valence-electron chi connectivity index (χ2n) is 4.57. The molecule has 0 aliphatic heterocycles. The monoisotopic (exact) mass is 454 g/mol. The van der Waals surface area contributed by atoms with Gasteiger partial charge in [-0.3, -0.25) is 4.79 Å². The molecule has 0 radical (unpaired) electrons. The van der Waals surface area contributed by atoms with Crippen LogP contribution in [0.5, 0.6) is 0 Å². The summed E-state index contributed by atoms with van der Waals surface area (Å²) in [7, 11) is 0. The van der Waals surface area contributed by atoms with Crippen molar-refractivity contribution < 1.29 is 4.79 Å². The number of aromatic nitrogens is 3. The van der Waals surface area contributed by atoms with E-state index < -0.39 is 0 Å². The first-order chi connectivity index (χ1) is 11.0. The molecule has 116 valence electrons. The smallest absolute Gasteiger partial charge is 0.258 e. The first-order valence-corrected chi connectivity index (χ1v) is 8.43. The van der Waals surface area contributed by atoms with Crippen LogP contribution in [0.15, 0.2) is 57.9 Å². The number of nitrogens with one attached hydrogen (secondary N) is 1. The number of anilines is 1. The van der Waals surface area contributed by atoms with Crippen molar-refractivity contribution in [2.45, 2.75) is 0 Å². The fourth-order valence-corrected chi connectivity index (χ4v) is 2.79. The summed E-state index contributed by atoms with van der Waals surface area (Å²) >= 11 is 12.6. The molecule has 0 spiro atoms. The highest BCUT2D eigenvalue weighted by Gasteiger charge is 2.15. The van der Waals surface area contributed by atoms with Gasteiger partial charge in [-0.25, -0.2) is 9.67 Å². The Hall–Kier alpha value is -1.70. The maximum atomic E-state index is 12.5. The molecule has 0 saturated heterocycles. The molecule has 0 aliphatic rings. The summed E-state index contributed by atoms with van der Waals surface area (Å²) in [4.78, 5) is 16.4. The van der Waals surface area contributed by atoms with Crippen LogP contribution in [0.3, 0.4) is 0 Å². The minimum absolute atomic E-state index is 0.144. The first kappa shape index (κ1) is 16.2. The van der Waals surface area contributed by atoms with Gasteiger partial charge in [-0.15, -0.1) is 0 Å². The Morgan fingerprint density at radius 2 is 1.96 bits per heavy atom. The molecule has 5 nitrogen and oxygen atoms in total. The van der Waals surface area contributed by atoms with Crippen LogP contribution in [-0.2, 0) is 0 Å². The van der Waals surface area contributed by atoms with Crippen molar-refractivity contribution in [1.29, 1.82) is 0 Å². The lowest BCUT2D eigenvalue weighted by molar-refractivity contribution is 0.102. The second-order valence-corrected chi connectivity index (χ2v) is 6.76. The molecule has 0 atom stereocenters. The molecule has 2 aromatic heterocycles. The van der Waals surface area contributed by atoms with E-state index in [1.165, 1.54) is 6.20 Å². The molecule has 1 aromatic carbocycles. The van der Waals surface area contributed by atoms with Crippen LogP contribution >= 0.6 is 43.5 Å². The van der Waals surface area contributed by atoms with E-state index in [0.29, 0.717) is 10.2 Å². The summed E-state index contributed by atoms with van der Waals surface area (Å²) in [6.07, 6.45) is 5.01. The standard InChI is InChI=1S/C15H9Br2ClN4O/c16-9-5-11(14(18)19-6-9)15(23)21-12-3-1-2-4-13(12)22-8-10(17)7-20-22/h1-8H,(H,21,23). The zero-order chi connectivity index (χ0) is 16.4. The second kappa shape index (κ2) is 6.82. The van der Waals surface area contributed by atoms with E-state index >= 15 is 0 Å². The van der Waals surface area contributed by atoms with Crippen molar-refractivity contribution in [2.24, 2.45) is 0 Å². The van der Waals surface area contributed by atoms with Gasteiger partial charge in [-0.2, -0.15) is 5.10 Å².